The predicted molar refractivity (Wildman–Crippen MR) is 74.3 cm³/mol. The summed E-state index contributed by atoms with van der Waals surface area (Å²) in [7, 11) is 1.86. The van der Waals surface area contributed by atoms with Crippen molar-refractivity contribution >= 4 is 33.7 Å². The molecule has 0 amide bonds. The number of para-hydroxylation sites is 1. The molecule has 2 heterocycles. The molecule has 19 heavy (non-hydrogen) atoms. The van der Waals surface area contributed by atoms with Crippen molar-refractivity contribution in [1.29, 1.82) is 0 Å². The van der Waals surface area contributed by atoms with Gasteiger partial charge in [0, 0.05) is 25.4 Å². The second-order valence-electron chi connectivity index (χ2n) is 4.63. The van der Waals surface area contributed by atoms with Crippen molar-refractivity contribution in [3.8, 4) is 0 Å². The van der Waals surface area contributed by atoms with E-state index in [0.29, 0.717) is 13.0 Å². The molecule has 0 bridgehead atoms. The van der Waals surface area contributed by atoms with Crippen LogP contribution < -0.4 is 5.32 Å². The average Bonchev–Trinajstić information content (AvgIpc) is 2.86. The molecule has 0 saturated carbocycles. The summed E-state index contributed by atoms with van der Waals surface area (Å²) >= 11 is 0. The number of nitrogens with one attached hydrogen (secondary N) is 1. The number of carbonyl (C=O) groups is 1. The van der Waals surface area contributed by atoms with Crippen LogP contribution in [-0.2, 0) is 11.8 Å². The van der Waals surface area contributed by atoms with Crippen LogP contribution in [0.5, 0.6) is 0 Å². The standard InChI is InChI=1S/C14H15N3O2/c1-9(18)7-8-15-14-13-12(16-17(14)2)10-5-3-4-6-11(10)19-13/h3-6,15H,7-8H2,1-2H3. The third kappa shape index (κ3) is 1.97. The average molecular weight is 257 g/mol. The summed E-state index contributed by atoms with van der Waals surface area (Å²) in [5, 5.41) is 8.70. The van der Waals surface area contributed by atoms with Gasteiger partial charge in [-0.15, -0.1) is 0 Å². The van der Waals surface area contributed by atoms with Gasteiger partial charge < -0.3 is 9.73 Å². The van der Waals surface area contributed by atoms with E-state index in [1.165, 1.54) is 0 Å². The van der Waals surface area contributed by atoms with E-state index in [2.05, 4.69) is 10.4 Å². The smallest absolute Gasteiger partial charge is 0.197 e. The number of ketones is 1. The van der Waals surface area contributed by atoms with Crippen LogP contribution in [0.4, 0.5) is 5.82 Å². The van der Waals surface area contributed by atoms with Crippen molar-refractivity contribution in [2.75, 3.05) is 11.9 Å². The van der Waals surface area contributed by atoms with Crippen LogP contribution in [-0.4, -0.2) is 22.1 Å². The Hall–Kier alpha value is -2.30. The highest BCUT2D eigenvalue weighted by Gasteiger charge is 2.16. The van der Waals surface area contributed by atoms with Gasteiger partial charge in [-0.1, -0.05) is 12.1 Å². The Morgan fingerprint density at radius 1 is 1.42 bits per heavy atom. The first-order valence-corrected chi connectivity index (χ1v) is 6.24. The van der Waals surface area contributed by atoms with Crippen molar-refractivity contribution < 1.29 is 9.21 Å². The van der Waals surface area contributed by atoms with E-state index in [1.807, 2.05) is 31.3 Å². The van der Waals surface area contributed by atoms with Crippen LogP contribution in [0.1, 0.15) is 13.3 Å². The van der Waals surface area contributed by atoms with Gasteiger partial charge in [-0.3, -0.25) is 4.79 Å². The van der Waals surface area contributed by atoms with Crippen molar-refractivity contribution in [2.24, 2.45) is 7.05 Å². The molecule has 0 unspecified atom stereocenters. The van der Waals surface area contributed by atoms with Gasteiger partial charge in [-0.2, -0.15) is 5.10 Å². The van der Waals surface area contributed by atoms with Crippen molar-refractivity contribution in [1.82, 2.24) is 9.78 Å². The molecule has 1 N–H and O–H groups in total. The number of hydrogen-bond donors (Lipinski definition) is 1. The van der Waals surface area contributed by atoms with Crippen molar-refractivity contribution in [3.05, 3.63) is 24.3 Å². The molecule has 0 atom stereocenters. The van der Waals surface area contributed by atoms with Crippen LogP contribution in [0.3, 0.4) is 0 Å². The van der Waals surface area contributed by atoms with E-state index < -0.39 is 0 Å². The number of fused-ring (bicyclic) bond motifs is 3. The molecule has 0 radical (unpaired) electrons. The third-order valence-corrected chi connectivity index (χ3v) is 3.13. The fourth-order valence-corrected chi connectivity index (χ4v) is 2.19. The molecular formula is C14H15N3O2. The highest BCUT2D eigenvalue weighted by molar-refractivity contribution is 6.06. The first-order chi connectivity index (χ1) is 9.16. The normalized spacial score (nSPS) is 11.3. The summed E-state index contributed by atoms with van der Waals surface area (Å²) < 4.78 is 7.58. The Labute approximate surface area is 110 Å². The first kappa shape index (κ1) is 11.8. The van der Waals surface area contributed by atoms with E-state index >= 15 is 0 Å². The minimum Gasteiger partial charge on any atom is -0.450 e. The second-order valence-corrected chi connectivity index (χ2v) is 4.63. The van der Waals surface area contributed by atoms with E-state index in [1.54, 1.807) is 11.6 Å². The minimum atomic E-state index is 0.163. The topological polar surface area (TPSA) is 60.1 Å². The molecule has 3 rings (SSSR count). The van der Waals surface area contributed by atoms with Crippen LogP contribution in [0.25, 0.3) is 22.1 Å². The largest absolute Gasteiger partial charge is 0.450 e. The fourth-order valence-electron chi connectivity index (χ4n) is 2.19. The number of carbonyl (C=O) groups excluding carboxylic acids is 1. The number of nitrogens with zero attached hydrogens (tertiary/aromatic N) is 2. The lowest BCUT2D eigenvalue weighted by Crippen LogP contribution is -2.09. The monoisotopic (exact) mass is 257 g/mol. The molecule has 2 aromatic heterocycles. The Kier molecular flexibility index (Phi) is 2.74. The van der Waals surface area contributed by atoms with E-state index in [9.17, 15) is 4.79 Å². The molecule has 1 aromatic carbocycles. The Balaban J connectivity index is 2.03. The molecule has 0 aliphatic rings. The van der Waals surface area contributed by atoms with Crippen molar-refractivity contribution in [2.45, 2.75) is 13.3 Å². The molecule has 0 saturated heterocycles. The molecule has 5 heteroatoms. The third-order valence-electron chi connectivity index (χ3n) is 3.13. The summed E-state index contributed by atoms with van der Waals surface area (Å²) in [5.74, 6) is 0.975. The van der Waals surface area contributed by atoms with E-state index in [0.717, 1.165) is 27.9 Å². The number of benzene rings is 1. The summed E-state index contributed by atoms with van der Waals surface area (Å²) in [4.78, 5) is 11.0. The SMILES string of the molecule is CC(=O)CCNc1c2oc3ccccc3c2nn1C. The molecule has 0 aliphatic carbocycles. The summed E-state index contributed by atoms with van der Waals surface area (Å²) in [6.07, 6.45) is 0.493. The van der Waals surface area contributed by atoms with Gasteiger partial charge in [0.2, 0.25) is 0 Å². The van der Waals surface area contributed by atoms with Gasteiger partial charge in [-0.25, -0.2) is 4.68 Å². The molecule has 0 spiro atoms. The predicted octanol–water partition coefficient (Wildman–Crippen LogP) is 2.71. The van der Waals surface area contributed by atoms with E-state index in [-0.39, 0.29) is 5.78 Å². The van der Waals surface area contributed by atoms with E-state index in [4.69, 9.17) is 4.42 Å². The summed E-state index contributed by atoms with van der Waals surface area (Å²) in [5.41, 5.74) is 2.42. The van der Waals surface area contributed by atoms with Crippen LogP contribution in [0.15, 0.2) is 28.7 Å². The zero-order valence-corrected chi connectivity index (χ0v) is 10.9. The Bertz CT molecular complexity index is 755. The zero-order valence-electron chi connectivity index (χ0n) is 10.9. The summed E-state index contributed by atoms with van der Waals surface area (Å²) in [6, 6.07) is 7.83. The number of hydrogen-bond acceptors (Lipinski definition) is 4. The molecule has 98 valence electrons. The highest BCUT2D eigenvalue weighted by Crippen LogP contribution is 2.32. The molecule has 3 aromatic rings. The van der Waals surface area contributed by atoms with Gasteiger partial charge in [0.1, 0.15) is 16.9 Å². The lowest BCUT2D eigenvalue weighted by Gasteiger charge is -2.04. The van der Waals surface area contributed by atoms with Gasteiger partial charge >= 0.3 is 0 Å². The number of anilines is 1. The summed E-state index contributed by atoms with van der Waals surface area (Å²) in [6.45, 7) is 2.17. The maximum atomic E-state index is 11.0. The lowest BCUT2D eigenvalue weighted by atomic mass is 10.2. The van der Waals surface area contributed by atoms with Crippen LogP contribution in [0.2, 0.25) is 0 Å². The quantitative estimate of drug-likeness (QED) is 0.780. The van der Waals surface area contributed by atoms with Gasteiger partial charge in [0.25, 0.3) is 0 Å². The lowest BCUT2D eigenvalue weighted by molar-refractivity contribution is -0.116. The fraction of sp³-hybridized carbons (Fsp3) is 0.286. The number of aromatic nitrogens is 2. The van der Waals surface area contributed by atoms with Crippen LogP contribution >= 0.6 is 0 Å². The first-order valence-electron chi connectivity index (χ1n) is 6.24. The second kappa shape index (κ2) is 4.42. The number of furan rings is 1. The zero-order chi connectivity index (χ0) is 13.4. The maximum Gasteiger partial charge on any atom is 0.197 e. The maximum absolute atomic E-state index is 11.0. The van der Waals surface area contributed by atoms with Gasteiger partial charge in [0.05, 0.1) is 0 Å². The van der Waals surface area contributed by atoms with Crippen molar-refractivity contribution in [3.63, 3.8) is 0 Å². The Morgan fingerprint density at radius 3 is 3.00 bits per heavy atom. The molecular weight excluding hydrogens is 242 g/mol. The van der Waals surface area contributed by atoms with Gasteiger partial charge in [-0.05, 0) is 19.1 Å². The number of Topliss-reactive ketones (excluding diaryl/α,β-unsaturated/α-hetero) is 1. The highest BCUT2D eigenvalue weighted by atomic mass is 16.3. The molecule has 0 aliphatic heterocycles. The molecule has 5 nitrogen and oxygen atoms in total. The number of aryl methyl sites for hydroxylation is 1. The van der Waals surface area contributed by atoms with Crippen LogP contribution in [0, 0.1) is 0 Å². The number of rotatable bonds is 4. The minimum absolute atomic E-state index is 0.163. The van der Waals surface area contributed by atoms with Gasteiger partial charge in [0.15, 0.2) is 11.4 Å². The Morgan fingerprint density at radius 2 is 2.21 bits per heavy atom. The molecule has 0 fully saturated rings.